The molecule has 4 nitrogen and oxygen atoms in total. The zero-order valence-electron chi connectivity index (χ0n) is 13.1. The minimum Gasteiger partial charge on any atom is -0.496 e. The third-order valence-electron chi connectivity index (χ3n) is 3.29. The Labute approximate surface area is 129 Å². The van der Waals surface area contributed by atoms with Crippen LogP contribution in [0.5, 0.6) is 17.2 Å². The number of hydrogen-bond acceptors (Lipinski definition) is 4. The van der Waals surface area contributed by atoms with Crippen molar-refractivity contribution < 1.29 is 19.1 Å². The number of benzene rings is 2. The van der Waals surface area contributed by atoms with Gasteiger partial charge in [0.25, 0.3) is 0 Å². The van der Waals surface area contributed by atoms with Crippen LogP contribution in [0, 0.1) is 6.92 Å². The Bertz CT molecular complexity index is 732. The Morgan fingerprint density at radius 3 is 2.05 bits per heavy atom. The molecule has 0 saturated carbocycles. The van der Waals surface area contributed by atoms with Crippen molar-refractivity contribution in [2.75, 3.05) is 7.11 Å². The van der Waals surface area contributed by atoms with Crippen LogP contribution in [-0.2, 0) is 0 Å². The fourth-order valence-corrected chi connectivity index (χ4v) is 2.16. The largest absolute Gasteiger partial charge is 0.496 e. The molecule has 0 aromatic heterocycles. The van der Waals surface area contributed by atoms with Gasteiger partial charge in [-0.3, -0.25) is 9.59 Å². The van der Waals surface area contributed by atoms with Crippen molar-refractivity contribution >= 4 is 11.6 Å². The van der Waals surface area contributed by atoms with Gasteiger partial charge in [-0.2, -0.15) is 0 Å². The first-order valence-corrected chi connectivity index (χ1v) is 6.90. The van der Waals surface area contributed by atoms with Gasteiger partial charge in [-0.25, -0.2) is 0 Å². The van der Waals surface area contributed by atoms with E-state index in [4.69, 9.17) is 9.47 Å². The molecule has 0 radical (unpaired) electrons. The van der Waals surface area contributed by atoms with Gasteiger partial charge in [-0.05, 0) is 51.1 Å². The number of rotatable bonds is 5. The van der Waals surface area contributed by atoms with Gasteiger partial charge in [0.1, 0.15) is 17.2 Å². The third kappa shape index (κ3) is 3.34. The standard InChI is InChI=1S/C18H18O4/c1-11-5-7-18(15(9-11)12(2)19)22-14-6-8-17(21-4)16(10-14)13(3)20/h5-10H,1-4H3. The maximum absolute atomic E-state index is 11.7. The van der Waals surface area contributed by atoms with E-state index in [2.05, 4.69) is 0 Å². The number of Topliss-reactive ketones (excluding diaryl/α,β-unsaturated/α-hetero) is 2. The Balaban J connectivity index is 2.41. The van der Waals surface area contributed by atoms with E-state index in [0.717, 1.165) is 5.56 Å². The van der Waals surface area contributed by atoms with Crippen molar-refractivity contribution in [1.82, 2.24) is 0 Å². The molecule has 0 aliphatic carbocycles. The molecule has 2 rings (SSSR count). The highest BCUT2D eigenvalue weighted by Crippen LogP contribution is 2.30. The zero-order chi connectivity index (χ0) is 16.3. The van der Waals surface area contributed by atoms with Crippen molar-refractivity contribution in [2.45, 2.75) is 20.8 Å². The van der Waals surface area contributed by atoms with Gasteiger partial charge in [0, 0.05) is 0 Å². The summed E-state index contributed by atoms with van der Waals surface area (Å²) in [5.41, 5.74) is 1.94. The number of ketones is 2. The second-order valence-corrected chi connectivity index (χ2v) is 5.08. The minimum absolute atomic E-state index is 0.0704. The van der Waals surface area contributed by atoms with Crippen molar-refractivity contribution in [3.8, 4) is 17.2 Å². The number of hydrogen-bond donors (Lipinski definition) is 0. The molecule has 0 spiro atoms. The summed E-state index contributed by atoms with van der Waals surface area (Å²) < 4.78 is 10.9. The Morgan fingerprint density at radius 2 is 1.45 bits per heavy atom. The van der Waals surface area contributed by atoms with Crippen LogP contribution in [0.1, 0.15) is 40.1 Å². The van der Waals surface area contributed by atoms with Gasteiger partial charge in [0.2, 0.25) is 0 Å². The first-order chi connectivity index (χ1) is 10.4. The molecule has 0 amide bonds. The summed E-state index contributed by atoms with van der Waals surface area (Å²) in [6, 6.07) is 10.4. The van der Waals surface area contributed by atoms with E-state index in [1.54, 1.807) is 30.3 Å². The molecule has 2 aromatic rings. The van der Waals surface area contributed by atoms with Crippen LogP contribution in [0.15, 0.2) is 36.4 Å². The second-order valence-electron chi connectivity index (χ2n) is 5.08. The number of carbonyl (C=O) groups excluding carboxylic acids is 2. The number of carbonyl (C=O) groups is 2. The lowest BCUT2D eigenvalue weighted by Gasteiger charge is -2.12. The normalized spacial score (nSPS) is 10.2. The molecule has 0 aliphatic heterocycles. The third-order valence-corrected chi connectivity index (χ3v) is 3.29. The average Bonchev–Trinajstić information content (AvgIpc) is 2.48. The summed E-state index contributed by atoms with van der Waals surface area (Å²) in [5, 5.41) is 0. The summed E-state index contributed by atoms with van der Waals surface area (Å²) in [7, 11) is 1.51. The van der Waals surface area contributed by atoms with Gasteiger partial charge in [-0.1, -0.05) is 11.6 Å². The van der Waals surface area contributed by atoms with E-state index in [1.165, 1.54) is 21.0 Å². The Kier molecular flexibility index (Phi) is 4.61. The molecule has 0 bridgehead atoms. The SMILES string of the molecule is COc1ccc(Oc2ccc(C)cc2C(C)=O)cc1C(C)=O. The van der Waals surface area contributed by atoms with Crippen molar-refractivity contribution in [3.63, 3.8) is 0 Å². The summed E-state index contributed by atoms with van der Waals surface area (Å²) in [6.45, 7) is 4.88. The van der Waals surface area contributed by atoms with Crippen LogP contribution in [-0.4, -0.2) is 18.7 Å². The number of methoxy groups -OCH3 is 1. The first kappa shape index (κ1) is 15.8. The predicted octanol–water partition coefficient (Wildman–Crippen LogP) is 4.20. The van der Waals surface area contributed by atoms with Crippen molar-refractivity contribution in [3.05, 3.63) is 53.1 Å². The molecule has 0 fully saturated rings. The van der Waals surface area contributed by atoms with E-state index in [0.29, 0.717) is 28.4 Å². The monoisotopic (exact) mass is 298 g/mol. The lowest BCUT2D eigenvalue weighted by Crippen LogP contribution is -2.00. The highest BCUT2D eigenvalue weighted by atomic mass is 16.5. The minimum atomic E-state index is -0.113. The second kappa shape index (κ2) is 6.43. The van der Waals surface area contributed by atoms with Gasteiger partial charge in [-0.15, -0.1) is 0 Å². The van der Waals surface area contributed by atoms with E-state index in [9.17, 15) is 9.59 Å². The Hall–Kier alpha value is -2.62. The molecule has 0 atom stereocenters. The van der Waals surface area contributed by atoms with Gasteiger partial charge in [0.15, 0.2) is 11.6 Å². The molecular formula is C18H18O4. The Morgan fingerprint density at radius 1 is 0.864 bits per heavy atom. The summed E-state index contributed by atoms with van der Waals surface area (Å²) in [4.78, 5) is 23.4. The van der Waals surface area contributed by atoms with E-state index in [1.807, 2.05) is 13.0 Å². The molecule has 0 saturated heterocycles. The summed E-state index contributed by atoms with van der Waals surface area (Å²) >= 11 is 0. The highest BCUT2D eigenvalue weighted by molar-refractivity contribution is 5.98. The van der Waals surface area contributed by atoms with Crippen molar-refractivity contribution in [1.29, 1.82) is 0 Å². The smallest absolute Gasteiger partial charge is 0.163 e. The van der Waals surface area contributed by atoms with Crippen LogP contribution >= 0.6 is 0 Å². The number of aryl methyl sites for hydroxylation is 1. The maximum Gasteiger partial charge on any atom is 0.163 e. The molecule has 0 aliphatic rings. The van der Waals surface area contributed by atoms with Crippen LogP contribution < -0.4 is 9.47 Å². The van der Waals surface area contributed by atoms with Gasteiger partial charge >= 0.3 is 0 Å². The molecular weight excluding hydrogens is 280 g/mol. The predicted molar refractivity (Wildman–Crippen MR) is 84.3 cm³/mol. The maximum atomic E-state index is 11.7. The zero-order valence-corrected chi connectivity index (χ0v) is 13.1. The molecule has 22 heavy (non-hydrogen) atoms. The molecule has 0 unspecified atom stereocenters. The number of ether oxygens (including phenoxy) is 2. The molecule has 114 valence electrons. The summed E-state index contributed by atoms with van der Waals surface area (Å²) in [5.74, 6) is 1.27. The van der Waals surface area contributed by atoms with E-state index < -0.39 is 0 Å². The van der Waals surface area contributed by atoms with Crippen LogP contribution in [0.3, 0.4) is 0 Å². The fraction of sp³-hybridized carbons (Fsp3) is 0.222. The fourth-order valence-electron chi connectivity index (χ4n) is 2.16. The lowest BCUT2D eigenvalue weighted by molar-refractivity contribution is 0.100. The summed E-state index contributed by atoms with van der Waals surface area (Å²) in [6.07, 6.45) is 0. The van der Waals surface area contributed by atoms with E-state index in [-0.39, 0.29) is 11.6 Å². The topological polar surface area (TPSA) is 52.6 Å². The van der Waals surface area contributed by atoms with Crippen LogP contribution in [0.25, 0.3) is 0 Å². The molecule has 4 heteroatoms. The molecule has 0 heterocycles. The molecule has 2 aromatic carbocycles. The van der Waals surface area contributed by atoms with Gasteiger partial charge < -0.3 is 9.47 Å². The lowest BCUT2D eigenvalue weighted by atomic mass is 10.1. The van der Waals surface area contributed by atoms with Gasteiger partial charge in [0.05, 0.1) is 18.2 Å². The van der Waals surface area contributed by atoms with Crippen LogP contribution in [0.4, 0.5) is 0 Å². The molecule has 0 N–H and O–H groups in total. The van der Waals surface area contributed by atoms with E-state index >= 15 is 0 Å². The van der Waals surface area contributed by atoms with Crippen LogP contribution in [0.2, 0.25) is 0 Å². The quantitative estimate of drug-likeness (QED) is 0.776. The highest BCUT2D eigenvalue weighted by Gasteiger charge is 2.13. The van der Waals surface area contributed by atoms with Crippen molar-refractivity contribution in [2.24, 2.45) is 0 Å². The average molecular weight is 298 g/mol. The first-order valence-electron chi connectivity index (χ1n) is 6.90.